The molecule has 0 saturated carbocycles. The van der Waals surface area contributed by atoms with Gasteiger partial charge in [0.05, 0.1) is 19.1 Å². The first-order valence-electron chi connectivity index (χ1n) is 6.58. The first-order valence-corrected chi connectivity index (χ1v) is 6.58. The number of amides is 3. The number of piperazine rings is 1. The van der Waals surface area contributed by atoms with Crippen molar-refractivity contribution in [3.63, 3.8) is 0 Å². The lowest BCUT2D eigenvalue weighted by Gasteiger charge is -2.32. The van der Waals surface area contributed by atoms with Crippen molar-refractivity contribution in [1.82, 2.24) is 10.2 Å². The van der Waals surface area contributed by atoms with Crippen LogP contribution in [0.5, 0.6) is 0 Å². The molecule has 1 fully saturated rings. The van der Waals surface area contributed by atoms with E-state index < -0.39 is 6.04 Å². The predicted molar refractivity (Wildman–Crippen MR) is 78.4 cm³/mol. The first kappa shape index (κ1) is 15.0. The summed E-state index contributed by atoms with van der Waals surface area (Å²) < 4.78 is 0. The number of benzene rings is 1. The molecule has 7 heteroatoms. The van der Waals surface area contributed by atoms with Gasteiger partial charge in [0, 0.05) is 18.4 Å². The molecule has 1 aromatic carbocycles. The summed E-state index contributed by atoms with van der Waals surface area (Å²) >= 11 is 0. The second-order valence-corrected chi connectivity index (χ2v) is 5.04. The molecule has 0 aromatic heterocycles. The number of hydrogen-bond acceptors (Lipinski definition) is 5. The minimum absolute atomic E-state index is 0.00119. The molecule has 1 aromatic rings. The van der Waals surface area contributed by atoms with E-state index in [1.807, 2.05) is 0 Å². The molecular weight excluding hydrogens is 272 g/mol. The fraction of sp³-hybridized carbons (Fsp3) is 0.357. The lowest BCUT2D eigenvalue weighted by molar-refractivity contribution is -0.140. The zero-order valence-electron chi connectivity index (χ0n) is 12.0. The Morgan fingerprint density at radius 3 is 2.62 bits per heavy atom. The minimum Gasteiger partial charge on any atom is -0.399 e. The van der Waals surface area contributed by atoms with Gasteiger partial charge in [-0.1, -0.05) is 0 Å². The van der Waals surface area contributed by atoms with E-state index in [1.54, 1.807) is 43.1 Å². The molecule has 1 heterocycles. The van der Waals surface area contributed by atoms with Crippen molar-refractivity contribution in [3.05, 3.63) is 24.3 Å². The van der Waals surface area contributed by atoms with Crippen LogP contribution in [0.1, 0.15) is 6.92 Å². The lowest BCUT2D eigenvalue weighted by Crippen LogP contribution is -2.58. The van der Waals surface area contributed by atoms with E-state index in [9.17, 15) is 14.4 Å². The molecular formula is C14H18N4O3. The molecule has 0 bridgehead atoms. The van der Waals surface area contributed by atoms with Crippen LogP contribution in [0.4, 0.5) is 11.4 Å². The van der Waals surface area contributed by atoms with Crippen LogP contribution < -0.4 is 16.0 Å². The summed E-state index contributed by atoms with van der Waals surface area (Å²) in [5.74, 6) is -0.968. The van der Waals surface area contributed by atoms with Gasteiger partial charge in [-0.05, 0) is 31.2 Å². The summed E-state index contributed by atoms with van der Waals surface area (Å²) in [4.78, 5) is 38.2. The number of nitrogens with zero attached hydrogens (tertiary/aromatic N) is 2. The van der Waals surface area contributed by atoms with Crippen molar-refractivity contribution in [1.29, 1.82) is 0 Å². The Bertz CT molecular complexity index is 570. The van der Waals surface area contributed by atoms with Crippen molar-refractivity contribution >= 4 is 29.1 Å². The Morgan fingerprint density at radius 2 is 2.00 bits per heavy atom. The van der Waals surface area contributed by atoms with Crippen molar-refractivity contribution in [2.24, 2.45) is 0 Å². The van der Waals surface area contributed by atoms with Gasteiger partial charge in [0.15, 0.2) is 0 Å². The van der Waals surface area contributed by atoms with Crippen molar-refractivity contribution < 1.29 is 14.4 Å². The highest BCUT2D eigenvalue weighted by molar-refractivity contribution is 6.02. The van der Waals surface area contributed by atoms with E-state index in [4.69, 9.17) is 5.73 Å². The zero-order valence-corrected chi connectivity index (χ0v) is 12.0. The van der Waals surface area contributed by atoms with Gasteiger partial charge in [-0.15, -0.1) is 0 Å². The number of nitrogens with two attached hydrogens (primary N) is 1. The Kier molecular flexibility index (Phi) is 4.23. The molecule has 3 amide bonds. The van der Waals surface area contributed by atoms with Crippen LogP contribution in [0.25, 0.3) is 0 Å². The fourth-order valence-electron chi connectivity index (χ4n) is 2.08. The van der Waals surface area contributed by atoms with Crippen molar-refractivity contribution in [3.8, 4) is 0 Å². The fourth-order valence-corrected chi connectivity index (χ4v) is 2.08. The molecule has 3 N–H and O–H groups in total. The van der Waals surface area contributed by atoms with E-state index in [0.717, 1.165) is 0 Å². The van der Waals surface area contributed by atoms with Crippen LogP contribution in [0.2, 0.25) is 0 Å². The van der Waals surface area contributed by atoms with Crippen LogP contribution >= 0.6 is 0 Å². The largest absolute Gasteiger partial charge is 0.399 e. The number of rotatable bonds is 3. The first-order chi connectivity index (χ1) is 9.88. The number of hydrogen-bond donors (Lipinski definition) is 2. The van der Waals surface area contributed by atoms with Crippen LogP contribution in [0.3, 0.4) is 0 Å². The molecule has 1 saturated heterocycles. The molecule has 21 heavy (non-hydrogen) atoms. The van der Waals surface area contributed by atoms with Gasteiger partial charge in [0.1, 0.15) is 0 Å². The summed E-state index contributed by atoms with van der Waals surface area (Å²) in [5, 5.41) is 2.24. The maximum Gasteiger partial charge on any atom is 0.243 e. The average Bonchev–Trinajstić information content (AvgIpc) is 2.44. The molecule has 1 aliphatic rings. The molecule has 7 nitrogen and oxygen atoms in total. The molecule has 1 unspecified atom stereocenters. The number of nitrogens with one attached hydrogen (secondary N) is 1. The third-order valence-electron chi connectivity index (χ3n) is 3.53. The maximum atomic E-state index is 12.3. The molecule has 2 rings (SSSR count). The van der Waals surface area contributed by atoms with Crippen LogP contribution in [0, 0.1) is 0 Å². The molecule has 0 spiro atoms. The number of likely N-dealkylation sites (N-methyl/N-ethyl adjacent to an activating group) is 1. The van der Waals surface area contributed by atoms with Crippen LogP contribution in [-0.4, -0.2) is 48.8 Å². The highest BCUT2D eigenvalue weighted by Gasteiger charge is 2.32. The molecule has 0 aliphatic carbocycles. The number of carbonyl (C=O) groups is 3. The summed E-state index contributed by atoms with van der Waals surface area (Å²) in [6, 6.07) is 6.39. The molecule has 1 aliphatic heterocycles. The molecule has 1 atom stereocenters. The van der Waals surface area contributed by atoms with E-state index in [1.165, 1.54) is 4.90 Å². The highest BCUT2D eigenvalue weighted by atomic mass is 16.2. The normalized spacial score (nSPS) is 19.2. The average molecular weight is 290 g/mol. The van der Waals surface area contributed by atoms with E-state index in [0.29, 0.717) is 11.4 Å². The Balaban J connectivity index is 2.04. The maximum absolute atomic E-state index is 12.3. The number of imide groups is 1. The van der Waals surface area contributed by atoms with E-state index in [-0.39, 0.29) is 30.8 Å². The quantitative estimate of drug-likeness (QED) is 0.582. The summed E-state index contributed by atoms with van der Waals surface area (Å²) in [6.45, 7) is 1.70. The predicted octanol–water partition coefficient (Wildman–Crippen LogP) is -0.421. The van der Waals surface area contributed by atoms with Crippen LogP contribution in [-0.2, 0) is 14.4 Å². The number of carbonyl (C=O) groups excluding carboxylic acids is 3. The van der Waals surface area contributed by atoms with Gasteiger partial charge >= 0.3 is 0 Å². The standard InChI is InChI=1S/C14H18N4O3/c1-9-14(21)16-12(19)7-18(9)8-13(20)17(2)11-5-3-10(15)4-6-11/h3-6,9H,7-8,15H2,1-2H3,(H,16,19,21). The Morgan fingerprint density at radius 1 is 1.38 bits per heavy atom. The van der Waals surface area contributed by atoms with Crippen molar-refractivity contribution in [2.45, 2.75) is 13.0 Å². The van der Waals surface area contributed by atoms with Gasteiger partial charge in [-0.25, -0.2) is 0 Å². The summed E-state index contributed by atoms with van der Waals surface area (Å²) in [5.41, 5.74) is 6.93. The smallest absolute Gasteiger partial charge is 0.243 e. The van der Waals surface area contributed by atoms with Gasteiger partial charge in [-0.3, -0.25) is 24.6 Å². The van der Waals surface area contributed by atoms with Gasteiger partial charge < -0.3 is 10.6 Å². The Hall–Kier alpha value is -2.41. The topological polar surface area (TPSA) is 95.7 Å². The zero-order chi connectivity index (χ0) is 15.6. The third-order valence-corrected chi connectivity index (χ3v) is 3.53. The molecule has 112 valence electrons. The minimum atomic E-state index is -0.508. The van der Waals surface area contributed by atoms with Crippen molar-refractivity contribution in [2.75, 3.05) is 30.8 Å². The second-order valence-electron chi connectivity index (χ2n) is 5.04. The SMILES string of the molecule is CC1C(=O)NC(=O)CN1CC(=O)N(C)c1ccc(N)cc1. The monoisotopic (exact) mass is 290 g/mol. The second kappa shape index (κ2) is 5.92. The van der Waals surface area contributed by atoms with E-state index >= 15 is 0 Å². The number of anilines is 2. The van der Waals surface area contributed by atoms with Crippen LogP contribution in [0.15, 0.2) is 24.3 Å². The van der Waals surface area contributed by atoms with Gasteiger partial charge in [0.25, 0.3) is 0 Å². The third kappa shape index (κ3) is 3.38. The lowest BCUT2D eigenvalue weighted by atomic mass is 10.2. The molecule has 0 radical (unpaired) electrons. The summed E-state index contributed by atoms with van der Waals surface area (Å²) in [7, 11) is 1.64. The Labute approximate surface area is 122 Å². The van der Waals surface area contributed by atoms with E-state index in [2.05, 4.69) is 5.32 Å². The van der Waals surface area contributed by atoms with Gasteiger partial charge in [-0.2, -0.15) is 0 Å². The van der Waals surface area contributed by atoms with Gasteiger partial charge in [0.2, 0.25) is 17.7 Å². The summed E-state index contributed by atoms with van der Waals surface area (Å²) in [6.07, 6.45) is 0. The highest BCUT2D eigenvalue weighted by Crippen LogP contribution is 2.15. The number of nitrogen functional groups attached to an aromatic ring is 1.